The Balaban J connectivity index is 1.24. The lowest BCUT2D eigenvalue weighted by molar-refractivity contribution is -0.145. The number of nitrogens with two attached hydrogens (primary N) is 1. The van der Waals surface area contributed by atoms with E-state index in [4.69, 9.17) is 15.2 Å². The molecule has 8 heteroatoms. The van der Waals surface area contributed by atoms with Crippen LogP contribution >= 0.6 is 15.9 Å². The molecule has 2 N–H and O–H groups in total. The quantitative estimate of drug-likeness (QED) is 0.0752. The van der Waals surface area contributed by atoms with Gasteiger partial charge in [0.25, 0.3) is 0 Å². The van der Waals surface area contributed by atoms with Gasteiger partial charge in [-0.2, -0.15) is 0 Å². The van der Waals surface area contributed by atoms with E-state index in [1.165, 1.54) is 32.1 Å². The fourth-order valence-electron chi connectivity index (χ4n) is 6.00. The van der Waals surface area contributed by atoms with Crippen molar-refractivity contribution in [2.45, 2.75) is 83.7 Å². The number of benzene rings is 3. The van der Waals surface area contributed by atoms with Crippen LogP contribution in [0.3, 0.4) is 0 Å². The number of hydrogen-bond acceptors (Lipinski definition) is 7. The van der Waals surface area contributed by atoms with Gasteiger partial charge in [-0.25, -0.2) is 4.79 Å². The number of unbranched alkanes of at least 4 members (excludes halogenated alkanes) is 1. The van der Waals surface area contributed by atoms with Crippen LogP contribution in [-0.4, -0.2) is 48.4 Å². The molecule has 4 rings (SSSR count). The average Bonchev–Trinajstić information content (AvgIpc) is 3.07. The van der Waals surface area contributed by atoms with E-state index >= 15 is 0 Å². The van der Waals surface area contributed by atoms with E-state index in [0.717, 1.165) is 17.7 Å². The Labute approximate surface area is 275 Å². The van der Waals surface area contributed by atoms with Gasteiger partial charge in [0.2, 0.25) is 0 Å². The zero-order chi connectivity index (χ0) is 32.2. The number of ketones is 1. The number of esters is 2. The van der Waals surface area contributed by atoms with Gasteiger partial charge in [0.15, 0.2) is 5.78 Å². The second-order valence-corrected chi connectivity index (χ2v) is 12.5. The first kappa shape index (κ1) is 34.4. The molecule has 0 amide bonds. The fraction of sp³-hybridized carbons (Fsp3) is 0.432. The molecule has 1 aliphatic rings. The summed E-state index contributed by atoms with van der Waals surface area (Å²) in [6.45, 7) is 6.17. The highest BCUT2D eigenvalue weighted by molar-refractivity contribution is 9.10. The minimum absolute atomic E-state index is 0.0832. The Bertz CT molecular complexity index is 1440. The van der Waals surface area contributed by atoms with Gasteiger partial charge in [0.1, 0.15) is 0 Å². The molecule has 3 aromatic carbocycles. The first-order valence-electron chi connectivity index (χ1n) is 16.2. The number of carbonyl (C=O) groups excluding carboxylic acids is 3. The normalized spacial score (nSPS) is 14.2. The Morgan fingerprint density at radius 1 is 0.867 bits per heavy atom. The van der Waals surface area contributed by atoms with E-state index in [1.54, 1.807) is 36.4 Å². The van der Waals surface area contributed by atoms with Crippen LogP contribution in [-0.2, 0) is 20.8 Å². The number of halogens is 1. The van der Waals surface area contributed by atoms with Crippen LogP contribution < -0.4 is 5.73 Å². The number of hydrogen-bond donors (Lipinski definition) is 1. The van der Waals surface area contributed by atoms with E-state index in [2.05, 4.69) is 27.8 Å². The Morgan fingerprint density at radius 2 is 1.56 bits per heavy atom. The molecular weight excluding hydrogens is 632 g/mol. The molecular formula is C37H45BrN2O5. The first-order chi connectivity index (χ1) is 21.8. The van der Waals surface area contributed by atoms with Gasteiger partial charge < -0.3 is 15.2 Å². The summed E-state index contributed by atoms with van der Waals surface area (Å²) in [5.41, 5.74) is 10.3. The van der Waals surface area contributed by atoms with E-state index in [1.807, 2.05) is 37.3 Å². The molecule has 0 heterocycles. The van der Waals surface area contributed by atoms with Crippen molar-refractivity contribution in [3.63, 3.8) is 0 Å². The van der Waals surface area contributed by atoms with Crippen molar-refractivity contribution in [2.24, 2.45) is 0 Å². The lowest BCUT2D eigenvalue weighted by Crippen LogP contribution is -2.36. The second kappa shape index (κ2) is 17.3. The van der Waals surface area contributed by atoms with Gasteiger partial charge in [0.05, 0.1) is 30.4 Å². The second-order valence-electron chi connectivity index (χ2n) is 11.7. The van der Waals surface area contributed by atoms with Crippen LogP contribution in [0.2, 0.25) is 0 Å². The van der Waals surface area contributed by atoms with Crippen molar-refractivity contribution < 1.29 is 23.9 Å². The SMILES string of the molecule is CCC(C(=O)OCCCCOC(=O)c1cc(Br)c(N)c(CN(CC)C2CCCCC2)c1)c1cccc(C(=O)c2ccccc2)c1. The monoisotopic (exact) mass is 676 g/mol. The van der Waals surface area contributed by atoms with Gasteiger partial charge in [0, 0.05) is 28.2 Å². The number of anilines is 1. The number of nitrogen functional groups attached to an aromatic ring is 1. The summed E-state index contributed by atoms with van der Waals surface area (Å²) in [4.78, 5) is 41.2. The summed E-state index contributed by atoms with van der Waals surface area (Å²) in [6, 6.07) is 20.4. The molecule has 1 atom stereocenters. The molecule has 0 spiro atoms. The molecule has 0 aromatic heterocycles. The lowest BCUT2D eigenvalue weighted by atomic mass is 9.93. The highest BCUT2D eigenvalue weighted by Gasteiger charge is 2.23. The molecule has 3 aromatic rings. The molecule has 0 saturated heterocycles. The molecule has 0 radical (unpaired) electrons. The van der Waals surface area contributed by atoms with Gasteiger partial charge in [-0.05, 0) is 83.9 Å². The van der Waals surface area contributed by atoms with E-state index in [0.29, 0.717) is 58.7 Å². The van der Waals surface area contributed by atoms with Crippen molar-refractivity contribution in [1.82, 2.24) is 4.90 Å². The Hall–Kier alpha value is -3.49. The average molecular weight is 678 g/mol. The van der Waals surface area contributed by atoms with Gasteiger partial charge in [-0.1, -0.05) is 81.6 Å². The topological polar surface area (TPSA) is 98.9 Å². The van der Waals surface area contributed by atoms with Crippen LogP contribution in [0, 0.1) is 0 Å². The van der Waals surface area contributed by atoms with Crippen molar-refractivity contribution in [2.75, 3.05) is 25.5 Å². The maximum atomic E-state index is 12.9. The fourth-order valence-corrected chi connectivity index (χ4v) is 6.51. The maximum Gasteiger partial charge on any atom is 0.338 e. The van der Waals surface area contributed by atoms with E-state index in [9.17, 15) is 14.4 Å². The number of rotatable bonds is 15. The molecule has 0 bridgehead atoms. The Kier molecular flexibility index (Phi) is 13.2. The number of nitrogens with zero attached hydrogens (tertiary/aromatic N) is 1. The highest BCUT2D eigenvalue weighted by atomic mass is 79.9. The molecule has 45 heavy (non-hydrogen) atoms. The van der Waals surface area contributed by atoms with E-state index < -0.39 is 11.9 Å². The predicted molar refractivity (Wildman–Crippen MR) is 181 cm³/mol. The Morgan fingerprint density at radius 3 is 2.24 bits per heavy atom. The maximum absolute atomic E-state index is 12.9. The molecule has 240 valence electrons. The number of ether oxygens (including phenoxy) is 2. The van der Waals surface area contributed by atoms with Gasteiger partial charge >= 0.3 is 11.9 Å². The van der Waals surface area contributed by atoms with E-state index in [-0.39, 0.29) is 25.0 Å². The summed E-state index contributed by atoms with van der Waals surface area (Å²) >= 11 is 3.53. The molecule has 1 saturated carbocycles. The smallest absolute Gasteiger partial charge is 0.338 e. The number of carbonyl (C=O) groups is 3. The van der Waals surface area contributed by atoms with Crippen LogP contribution in [0.5, 0.6) is 0 Å². The van der Waals surface area contributed by atoms with Crippen LogP contribution in [0.15, 0.2) is 71.2 Å². The van der Waals surface area contributed by atoms with Crippen molar-refractivity contribution in [3.8, 4) is 0 Å². The zero-order valence-corrected chi connectivity index (χ0v) is 28.0. The third-order valence-electron chi connectivity index (χ3n) is 8.62. The first-order valence-corrected chi connectivity index (χ1v) is 17.0. The van der Waals surface area contributed by atoms with Crippen LogP contribution in [0.25, 0.3) is 0 Å². The third kappa shape index (κ3) is 9.50. The van der Waals surface area contributed by atoms with Gasteiger partial charge in [-0.15, -0.1) is 0 Å². The minimum atomic E-state index is -0.466. The standard InChI is InChI=1S/C37H45BrN2O5/c1-3-32(27-16-13-17-28(22-27)35(41)26-14-7-5-8-15-26)37(43)45-21-12-11-20-44-36(42)29-23-30(34(39)33(38)24-29)25-40(4-2)31-18-9-6-10-19-31/h5,7-8,13-17,22-24,31-32H,3-4,6,9-12,18-21,25,39H2,1-2H3. The predicted octanol–water partition coefficient (Wildman–Crippen LogP) is 8.09. The molecule has 1 unspecified atom stereocenters. The van der Waals surface area contributed by atoms with Crippen molar-refractivity contribution in [1.29, 1.82) is 0 Å². The minimum Gasteiger partial charge on any atom is -0.465 e. The summed E-state index contributed by atoms with van der Waals surface area (Å²) in [7, 11) is 0. The van der Waals surface area contributed by atoms with Crippen LogP contribution in [0.4, 0.5) is 5.69 Å². The summed E-state index contributed by atoms with van der Waals surface area (Å²) in [5, 5.41) is 0. The highest BCUT2D eigenvalue weighted by Crippen LogP contribution is 2.30. The summed E-state index contributed by atoms with van der Waals surface area (Å²) < 4.78 is 11.8. The summed E-state index contributed by atoms with van der Waals surface area (Å²) in [5.74, 6) is -1.27. The molecule has 7 nitrogen and oxygen atoms in total. The summed E-state index contributed by atoms with van der Waals surface area (Å²) in [6.07, 6.45) is 7.90. The largest absolute Gasteiger partial charge is 0.465 e. The van der Waals surface area contributed by atoms with Crippen molar-refractivity contribution >= 4 is 39.3 Å². The molecule has 1 aliphatic carbocycles. The van der Waals surface area contributed by atoms with Crippen molar-refractivity contribution in [3.05, 3.63) is 99.0 Å². The molecule has 0 aliphatic heterocycles. The molecule has 1 fully saturated rings. The van der Waals surface area contributed by atoms with Crippen LogP contribution in [0.1, 0.15) is 109 Å². The lowest BCUT2D eigenvalue weighted by Gasteiger charge is -2.34. The zero-order valence-electron chi connectivity index (χ0n) is 26.4. The van der Waals surface area contributed by atoms with Gasteiger partial charge in [-0.3, -0.25) is 14.5 Å². The third-order valence-corrected chi connectivity index (χ3v) is 9.27.